The highest BCUT2D eigenvalue weighted by molar-refractivity contribution is 6.43. The van der Waals surface area contributed by atoms with Crippen molar-refractivity contribution in [3.05, 3.63) is 39.6 Å². The van der Waals surface area contributed by atoms with Crippen molar-refractivity contribution in [2.75, 3.05) is 24.5 Å². The van der Waals surface area contributed by atoms with E-state index in [-0.39, 0.29) is 10.7 Å². The fraction of sp³-hybridized carbons (Fsp3) is 0.480. The molecule has 2 heterocycles. The summed E-state index contributed by atoms with van der Waals surface area (Å²) in [7, 11) is 0. The third kappa shape index (κ3) is 7.23. The topological polar surface area (TPSA) is 134 Å². The van der Waals surface area contributed by atoms with E-state index >= 15 is 0 Å². The van der Waals surface area contributed by atoms with E-state index in [1.54, 1.807) is 25.1 Å². The fourth-order valence-corrected chi connectivity index (χ4v) is 4.39. The zero-order valence-electron chi connectivity index (χ0n) is 21.4. The Balaban J connectivity index is 1.90. The molecule has 0 aliphatic carbocycles. The van der Waals surface area contributed by atoms with Crippen LogP contribution in [0.2, 0.25) is 10.0 Å². The van der Waals surface area contributed by atoms with Crippen molar-refractivity contribution >= 4 is 47.1 Å². The first-order chi connectivity index (χ1) is 17.2. The van der Waals surface area contributed by atoms with Gasteiger partial charge in [0.15, 0.2) is 0 Å². The Labute approximate surface area is 225 Å². The van der Waals surface area contributed by atoms with Gasteiger partial charge in [-0.3, -0.25) is 9.59 Å². The van der Waals surface area contributed by atoms with Gasteiger partial charge in [-0.2, -0.15) is 0 Å². The molecular formula is C25H31Cl2N5O5. The maximum Gasteiger partial charge on any atom is 0.408 e. The number of rotatable bonds is 6. The maximum absolute atomic E-state index is 13.0. The van der Waals surface area contributed by atoms with E-state index in [0.717, 1.165) is 0 Å². The zero-order chi connectivity index (χ0) is 27.5. The second-order valence-electron chi connectivity index (χ2n) is 10.2. The molecule has 3 N–H and O–H groups in total. The number of carboxylic acids is 1. The van der Waals surface area contributed by atoms with Crippen LogP contribution in [0.1, 0.15) is 56.7 Å². The highest BCUT2D eigenvalue weighted by atomic mass is 35.5. The number of carboxylic acid groups (broad SMARTS) is 1. The Morgan fingerprint density at radius 2 is 1.81 bits per heavy atom. The Hall–Kier alpha value is -3.11. The smallest absolute Gasteiger partial charge is 0.408 e. The molecule has 1 aromatic carbocycles. The monoisotopic (exact) mass is 551 g/mol. The summed E-state index contributed by atoms with van der Waals surface area (Å²) < 4.78 is 5.39. The van der Waals surface area contributed by atoms with Crippen LogP contribution in [-0.2, 0) is 9.53 Å². The summed E-state index contributed by atoms with van der Waals surface area (Å²) in [5.74, 6) is -1.54. The highest BCUT2D eigenvalue weighted by Crippen LogP contribution is 2.37. The van der Waals surface area contributed by atoms with Gasteiger partial charge in [-0.1, -0.05) is 35.3 Å². The number of hydrogen-bond donors (Lipinski definition) is 3. The Kier molecular flexibility index (Phi) is 8.54. The van der Waals surface area contributed by atoms with Crippen molar-refractivity contribution in [2.45, 2.75) is 58.6 Å². The molecule has 0 saturated carbocycles. The molecule has 200 valence electrons. The van der Waals surface area contributed by atoms with Crippen molar-refractivity contribution in [1.82, 2.24) is 20.6 Å². The van der Waals surface area contributed by atoms with E-state index in [0.29, 0.717) is 53.7 Å². The molecule has 37 heavy (non-hydrogen) atoms. The van der Waals surface area contributed by atoms with E-state index in [2.05, 4.69) is 20.6 Å². The number of halogens is 2. The van der Waals surface area contributed by atoms with Crippen LogP contribution in [0.3, 0.4) is 0 Å². The second kappa shape index (κ2) is 11.1. The molecule has 0 radical (unpaired) electrons. The molecule has 2 amide bonds. The molecule has 0 spiro atoms. The van der Waals surface area contributed by atoms with Crippen LogP contribution in [0.25, 0.3) is 11.1 Å². The molecule has 12 heteroatoms. The van der Waals surface area contributed by atoms with Crippen molar-refractivity contribution in [1.29, 1.82) is 0 Å². The summed E-state index contributed by atoms with van der Waals surface area (Å²) in [5, 5.41) is 14.9. The highest BCUT2D eigenvalue weighted by Gasteiger charge is 2.34. The summed E-state index contributed by atoms with van der Waals surface area (Å²) in [4.78, 5) is 47.5. The van der Waals surface area contributed by atoms with Crippen LogP contribution in [0, 0.1) is 6.92 Å². The molecule has 3 rings (SSSR count). The van der Waals surface area contributed by atoms with Gasteiger partial charge in [0.2, 0.25) is 5.95 Å². The van der Waals surface area contributed by atoms with E-state index in [4.69, 9.17) is 33.0 Å². The summed E-state index contributed by atoms with van der Waals surface area (Å²) in [6, 6.07) is 5.01. The maximum atomic E-state index is 13.0. The Bertz CT molecular complexity index is 1210. The summed E-state index contributed by atoms with van der Waals surface area (Å²) in [6.07, 6.45) is 0.712. The van der Waals surface area contributed by atoms with Crippen LogP contribution in [0.5, 0.6) is 0 Å². The van der Waals surface area contributed by atoms with Crippen LogP contribution >= 0.6 is 23.2 Å². The SMILES string of the molecule is Cc1nc(N2CCC(C)(NC(=O)OC(C)(C)C)CC2)nc(C(=O)NCC(=O)O)c1-c1cccc(Cl)c1Cl. The number of aliphatic carboxylic acids is 1. The van der Waals surface area contributed by atoms with Gasteiger partial charge in [0.25, 0.3) is 5.91 Å². The predicted octanol–water partition coefficient (Wildman–Crippen LogP) is 4.46. The van der Waals surface area contributed by atoms with E-state index in [1.165, 1.54) is 0 Å². The van der Waals surface area contributed by atoms with Gasteiger partial charge in [-0.25, -0.2) is 14.8 Å². The van der Waals surface area contributed by atoms with Crippen LogP contribution in [0.4, 0.5) is 10.7 Å². The number of carbonyl (C=O) groups is 3. The lowest BCUT2D eigenvalue weighted by Crippen LogP contribution is -2.54. The van der Waals surface area contributed by atoms with Crippen LogP contribution < -0.4 is 15.5 Å². The number of aromatic nitrogens is 2. The third-order valence-corrected chi connectivity index (χ3v) is 6.69. The number of carbonyl (C=O) groups excluding carboxylic acids is 2. The van der Waals surface area contributed by atoms with Crippen molar-refractivity contribution in [3.63, 3.8) is 0 Å². The van der Waals surface area contributed by atoms with Gasteiger partial charge in [0.05, 0.1) is 15.7 Å². The van der Waals surface area contributed by atoms with Crippen LogP contribution in [-0.4, -0.2) is 63.8 Å². The van der Waals surface area contributed by atoms with Gasteiger partial charge in [-0.15, -0.1) is 0 Å². The summed E-state index contributed by atoms with van der Waals surface area (Å²) >= 11 is 12.6. The lowest BCUT2D eigenvalue weighted by atomic mass is 9.90. The first-order valence-electron chi connectivity index (χ1n) is 11.8. The summed E-state index contributed by atoms with van der Waals surface area (Å²) in [5.41, 5.74) is 0.226. The summed E-state index contributed by atoms with van der Waals surface area (Å²) in [6.45, 7) is 9.56. The van der Waals surface area contributed by atoms with Gasteiger partial charge in [0, 0.05) is 29.8 Å². The van der Waals surface area contributed by atoms with E-state index in [9.17, 15) is 14.4 Å². The van der Waals surface area contributed by atoms with Crippen LogP contribution in [0.15, 0.2) is 18.2 Å². The number of anilines is 1. The number of aryl methyl sites for hydroxylation is 1. The predicted molar refractivity (Wildman–Crippen MR) is 141 cm³/mol. The number of nitrogens with zero attached hydrogens (tertiary/aromatic N) is 3. The number of hydrogen-bond acceptors (Lipinski definition) is 7. The van der Waals surface area contributed by atoms with Gasteiger partial charge >= 0.3 is 12.1 Å². The minimum atomic E-state index is -1.19. The number of benzene rings is 1. The molecule has 1 aliphatic heterocycles. The second-order valence-corrected chi connectivity index (χ2v) is 11.0. The van der Waals surface area contributed by atoms with Crippen molar-refractivity contribution in [3.8, 4) is 11.1 Å². The number of nitrogens with one attached hydrogen (secondary N) is 2. The first kappa shape index (κ1) is 28.5. The minimum absolute atomic E-state index is 0.00636. The van der Waals surface area contributed by atoms with Crippen molar-refractivity contribution in [2.24, 2.45) is 0 Å². The average molecular weight is 552 g/mol. The number of ether oxygens (including phenoxy) is 1. The molecule has 0 unspecified atom stereocenters. The third-order valence-electron chi connectivity index (χ3n) is 5.87. The molecule has 0 bridgehead atoms. The molecule has 10 nitrogen and oxygen atoms in total. The molecule has 0 atom stereocenters. The normalized spacial score (nSPS) is 15.2. The van der Waals surface area contributed by atoms with Crippen molar-refractivity contribution < 1.29 is 24.2 Å². The molecule has 1 saturated heterocycles. The number of amides is 2. The standard InChI is InChI=1S/C25H31Cl2N5O5/c1-14-18(15-7-6-8-16(26)19(15)27)20(21(35)28-13-17(33)34)30-22(29-14)32-11-9-25(5,10-12-32)31-23(36)37-24(2,3)4/h6-8H,9-13H2,1-5H3,(H,28,35)(H,31,36)(H,33,34). The lowest BCUT2D eigenvalue weighted by Gasteiger charge is -2.40. The average Bonchev–Trinajstić information content (AvgIpc) is 2.78. The molecule has 2 aromatic rings. The minimum Gasteiger partial charge on any atom is -0.480 e. The quantitative estimate of drug-likeness (QED) is 0.479. The number of alkyl carbamates (subject to hydrolysis) is 1. The molecule has 1 fully saturated rings. The lowest BCUT2D eigenvalue weighted by molar-refractivity contribution is -0.135. The number of piperidine rings is 1. The Morgan fingerprint density at radius 3 is 2.41 bits per heavy atom. The Morgan fingerprint density at radius 1 is 1.16 bits per heavy atom. The first-order valence-corrected chi connectivity index (χ1v) is 12.5. The van der Waals surface area contributed by atoms with Gasteiger partial charge in [0.1, 0.15) is 17.8 Å². The van der Waals surface area contributed by atoms with Gasteiger partial charge < -0.3 is 25.4 Å². The fourth-order valence-electron chi connectivity index (χ4n) is 4.00. The zero-order valence-corrected chi connectivity index (χ0v) is 23.0. The molecular weight excluding hydrogens is 521 g/mol. The van der Waals surface area contributed by atoms with E-state index < -0.39 is 35.7 Å². The molecule has 1 aromatic heterocycles. The largest absolute Gasteiger partial charge is 0.480 e. The van der Waals surface area contributed by atoms with Gasteiger partial charge in [-0.05, 0) is 53.5 Å². The molecule has 1 aliphatic rings. The van der Waals surface area contributed by atoms with E-state index in [1.807, 2.05) is 32.6 Å².